The maximum absolute atomic E-state index is 12.5. The Morgan fingerprint density at radius 1 is 1.42 bits per heavy atom. The lowest BCUT2D eigenvalue weighted by atomic mass is 10.2. The van der Waals surface area contributed by atoms with E-state index in [-0.39, 0.29) is 12.5 Å². The summed E-state index contributed by atoms with van der Waals surface area (Å²) < 4.78 is 17.0. The minimum atomic E-state index is -0.243. The first kappa shape index (κ1) is 18.5. The van der Waals surface area contributed by atoms with Crippen molar-refractivity contribution in [3.8, 4) is 22.3 Å². The molecule has 2 heterocycles. The maximum Gasteiger partial charge on any atom is 0.251 e. The number of ether oxygens (including phenoxy) is 2. The largest absolute Gasteiger partial charge is 0.493 e. The molecule has 0 saturated heterocycles. The van der Waals surface area contributed by atoms with Gasteiger partial charge in [0.15, 0.2) is 11.5 Å². The number of oxazole rings is 1. The molecule has 2 aromatic heterocycles. The van der Waals surface area contributed by atoms with E-state index in [1.165, 1.54) is 7.11 Å². The SMILES string of the molecule is CCOc1c(Br)cc(C(=O)NCc2coc(-c3cccs3)n2)cc1OC. The number of nitrogens with one attached hydrogen (secondary N) is 1. The number of amides is 1. The zero-order chi connectivity index (χ0) is 18.5. The van der Waals surface area contributed by atoms with Gasteiger partial charge in [-0.3, -0.25) is 4.79 Å². The molecule has 0 radical (unpaired) electrons. The van der Waals surface area contributed by atoms with E-state index in [1.807, 2.05) is 24.4 Å². The fourth-order valence-electron chi connectivity index (χ4n) is 2.31. The first-order chi connectivity index (χ1) is 12.6. The van der Waals surface area contributed by atoms with Gasteiger partial charge in [0.2, 0.25) is 5.89 Å². The van der Waals surface area contributed by atoms with Gasteiger partial charge < -0.3 is 19.2 Å². The predicted octanol–water partition coefficient (Wildman–Crippen LogP) is 4.50. The zero-order valence-corrected chi connectivity index (χ0v) is 16.6. The molecule has 0 bridgehead atoms. The molecule has 3 aromatic rings. The van der Waals surface area contributed by atoms with Crippen LogP contribution in [0.15, 0.2) is 44.8 Å². The third-order valence-corrected chi connectivity index (χ3v) is 4.94. The number of halogens is 1. The summed E-state index contributed by atoms with van der Waals surface area (Å²) in [4.78, 5) is 17.8. The highest BCUT2D eigenvalue weighted by Gasteiger charge is 2.16. The molecule has 1 aromatic carbocycles. The molecule has 0 aliphatic heterocycles. The van der Waals surface area contributed by atoms with Gasteiger partial charge in [-0.05, 0) is 46.4 Å². The Hall–Kier alpha value is -2.32. The van der Waals surface area contributed by atoms with Crippen LogP contribution in [0.1, 0.15) is 23.0 Å². The van der Waals surface area contributed by atoms with E-state index in [1.54, 1.807) is 29.7 Å². The van der Waals surface area contributed by atoms with Crippen molar-refractivity contribution < 1.29 is 18.7 Å². The summed E-state index contributed by atoms with van der Waals surface area (Å²) in [6, 6.07) is 7.21. The molecule has 0 aliphatic carbocycles. The van der Waals surface area contributed by atoms with Crippen LogP contribution in [0.5, 0.6) is 11.5 Å². The molecule has 8 heteroatoms. The Morgan fingerprint density at radius 2 is 2.27 bits per heavy atom. The summed E-state index contributed by atoms with van der Waals surface area (Å²) in [6.45, 7) is 2.65. The van der Waals surface area contributed by atoms with E-state index >= 15 is 0 Å². The smallest absolute Gasteiger partial charge is 0.251 e. The molecule has 136 valence electrons. The summed E-state index contributed by atoms with van der Waals surface area (Å²) >= 11 is 4.97. The second-order valence-corrected chi connectivity index (χ2v) is 7.03. The zero-order valence-electron chi connectivity index (χ0n) is 14.2. The van der Waals surface area contributed by atoms with Crippen LogP contribution in [-0.2, 0) is 6.54 Å². The van der Waals surface area contributed by atoms with Gasteiger partial charge in [0, 0.05) is 5.56 Å². The molecule has 1 amide bonds. The molecule has 0 saturated carbocycles. The van der Waals surface area contributed by atoms with Crippen LogP contribution in [0.25, 0.3) is 10.8 Å². The van der Waals surface area contributed by atoms with Crippen molar-refractivity contribution in [3.63, 3.8) is 0 Å². The molecule has 0 spiro atoms. The van der Waals surface area contributed by atoms with E-state index in [2.05, 4.69) is 26.2 Å². The average Bonchev–Trinajstić information content (AvgIpc) is 3.32. The fraction of sp³-hybridized carbons (Fsp3) is 0.222. The third kappa shape index (κ3) is 4.08. The van der Waals surface area contributed by atoms with Crippen molar-refractivity contribution in [2.45, 2.75) is 13.5 Å². The molecular weight excluding hydrogens is 420 g/mol. The van der Waals surface area contributed by atoms with Crippen molar-refractivity contribution in [2.75, 3.05) is 13.7 Å². The van der Waals surface area contributed by atoms with Gasteiger partial charge in [-0.2, -0.15) is 0 Å². The van der Waals surface area contributed by atoms with Crippen LogP contribution >= 0.6 is 27.3 Å². The van der Waals surface area contributed by atoms with Crippen molar-refractivity contribution >= 4 is 33.2 Å². The number of aromatic nitrogens is 1. The van der Waals surface area contributed by atoms with E-state index in [0.717, 1.165) is 4.88 Å². The predicted molar refractivity (Wildman–Crippen MR) is 103 cm³/mol. The number of benzene rings is 1. The lowest BCUT2D eigenvalue weighted by Crippen LogP contribution is -2.23. The first-order valence-corrected chi connectivity index (χ1v) is 9.56. The number of rotatable bonds is 7. The van der Waals surface area contributed by atoms with Crippen molar-refractivity contribution in [1.82, 2.24) is 10.3 Å². The monoisotopic (exact) mass is 436 g/mol. The van der Waals surface area contributed by atoms with Crippen molar-refractivity contribution in [2.24, 2.45) is 0 Å². The molecule has 0 aliphatic rings. The number of methoxy groups -OCH3 is 1. The van der Waals surface area contributed by atoms with E-state index < -0.39 is 0 Å². The summed E-state index contributed by atoms with van der Waals surface area (Å²) in [6.07, 6.45) is 1.55. The van der Waals surface area contributed by atoms with Gasteiger partial charge in [0.1, 0.15) is 6.26 Å². The normalized spacial score (nSPS) is 10.6. The highest BCUT2D eigenvalue weighted by molar-refractivity contribution is 9.10. The van der Waals surface area contributed by atoms with Gasteiger partial charge in [-0.25, -0.2) is 4.98 Å². The standard InChI is InChI=1S/C18H17BrN2O4S/c1-3-24-16-13(19)7-11(8-14(16)23-2)17(22)20-9-12-10-25-18(21-12)15-5-4-6-26-15/h4-8,10H,3,9H2,1-2H3,(H,20,22). The van der Waals surface area contributed by atoms with Gasteiger partial charge in [-0.1, -0.05) is 6.07 Å². The minimum absolute atomic E-state index is 0.243. The summed E-state index contributed by atoms with van der Waals surface area (Å²) in [5, 5.41) is 4.79. The molecule has 26 heavy (non-hydrogen) atoms. The molecule has 1 N–H and O–H groups in total. The number of nitrogens with zero attached hydrogens (tertiary/aromatic N) is 1. The van der Waals surface area contributed by atoms with Gasteiger partial charge in [0.25, 0.3) is 5.91 Å². The number of hydrogen-bond donors (Lipinski definition) is 1. The van der Waals surface area contributed by atoms with Crippen LogP contribution in [0, 0.1) is 0 Å². The average molecular weight is 437 g/mol. The third-order valence-electron chi connectivity index (χ3n) is 3.49. The number of thiophene rings is 1. The molecule has 3 rings (SSSR count). The Bertz CT molecular complexity index is 893. The number of carbonyl (C=O) groups is 1. The summed E-state index contributed by atoms with van der Waals surface area (Å²) in [7, 11) is 1.54. The molecule has 0 atom stereocenters. The van der Waals surface area contributed by atoms with Gasteiger partial charge >= 0.3 is 0 Å². The number of carbonyl (C=O) groups excluding carboxylic acids is 1. The number of hydrogen-bond acceptors (Lipinski definition) is 6. The highest BCUT2D eigenvalue weighted by Crippen LogP contribution is 2.36. The van der Waals surface area contributed by atoms with E-state index in [4.69, 9.17) is 13.9 Å². The van der Waals surface area contributed by atoms with Crippen LogP contribution in [0.3, 0.4) is 0 Å². The van der Waals surface area contributed by atoms with Crippen LogP contribution in [0.4, 0.5) is 0 Å². The minimum Gasteiger partial charge on any atom is -0.493 e. The summed E-state index contributed by atoms with van der Waals surface area (Å²) in [5.74, 6) is 1.37. The Morgan fingerprint density at radius 3 is 2.96 bits per heavy atom. The second-order valence-electron chi connectivity index (χ2n) is 5.23. The quantitative estimate of drug-likeness (QED) is 0.589. The molecule has 0 fully saturated rings. The fourth-order valence-corrected chi connectivity index (χ4v) is 3.52. The maximum atomic E-state index is 12.5. The van der Waals surface area contributed by atoms with E-state index in [0.29, 0.717) is 39.7 Å². The molecule has 6 nitrogen and oxygen atoms in total. The van der Waals surface area contributed by atoms with Crippen LogP contribution in [0.2, 0.25) is 0 Å². The van der Waals surface area contributed by atoms with Gasteiger partial charge in [0.05, 0.1) is 35.3 Å². The lowest BCUT2D eigenvalue weighted by Gasteiger charge is -2.13. The lowest BCUT2D eigenvalue weighted by molar-refractivity contribution is 0.0950. The van der Waals surface area contributed by atoms with E-state index in [9.17, 15) is 4.79 Å². The van der Waals surface area contributed by atoms with Crippen molar-refractivity contribution in [1.29, 1.82) is 0 Å². The Balaban J connectivity index is 1.69. The van der Waals surface area contributed by atoms with Gasteiger partial charge in [-0.15, -0.1) is 11.3 Å². The highest BCUT2D eigenvalue weighted by atomic mass is 79.9. The Labute approximate surface area is 163 Å². The van der Waals surface area contributed by atoms with Crippen LogP contribution in [-0.4, -0.2) is 24.6 Å². The molecular formula is C18H17BrN2O4S. The second kappa shape index (κ2) is 8.37. The van der Waals surface area contributed by atoms with Crippen molar-refractivity contribution in [3.05, 3.63) is 51.6 Å². The summed E-state index contributed by atoms with van der Waals surface area (Å²) in [5.41, 5.74) is 1.11. The topological polar surface area (TPSA) is 73.6 Å². The first-order valence-electron chi connectivity index (χ1n) is 7.89. The van der Waals surface area contributed by atoms with Crippen LogP contribution < -0.4 is 14.8 Å². The Kier molecular flexibility index (Phi) is 5.95. The molecule has 0 unspecified atom stereocenters.